The lowest BCUT2D eigenvalue weighted by atomic mass is 9.95. The van der Waals surface area contributed by atoms with E-state index in [-0.39, 0.29) is 42.9 Å². The molecule has 0 bridgehead atoms. The number of likely N-dealkylation sites (N-methyl/N-ethyl adjacent to an activating group) is 1. The second kappa shape index (κ2) is 10.3. The van der Waals surface area contributed by atoms with Crippen LogP contribution in [0.1, 0.15) is 46.2 Å². The van der Waals surface area contributed by atoms with Crippen LogP contribution < -0.4 is 20.1 Å². The molecule has 0 unspecified atom stereocenters. The molecule has 1 atom stereocenters. The number of hydrogen-bond acceptors (Lipinski definition) is 5. The summed E-state index contributed by atoms with van der Waals surface area (Å²) >= 11 is 0. The lowest BCUT2D eigenvalue weighted by Gasteiger charge is -2.27. The zero-order valence-electron chi connectivity index (χ0n) is 17.6. The van der Waals surface area contributed by atoms with Crippen LogP contribution in [0.4, 0.5) is 0 Å². The summed E-state index contributed by atoms with van der Waals surface area (Å²) < 4.78 is 11.2. The van der Waals surface area contributed by atoms with Crippen LogP contribution >= 0.6 is 0 Å². The highest BCUT2D eigenvalue weighted by Crippen LogP contribution is 2.34. The molecule has 1 aromatic rings. The molecule has 0 saturated carbocycles. The molecular formula is C21H33N3O4. The van der Waals surface area contributed by atoms with E-state index in [4.69, 9.17) is 9.47 Å². The monoisotopic (exact) mass is 391 g/mol. The lowest BCUT2D eigenvalue weighted by Crippen LogP contribution is -2.45. The van der Waals surface area contributed by atoms with Gasteiger partial charge in [-0.25, -0.2) is 0 Å². The fourth-order valence-electron chi connectivity index (χ4n) is 3.16. The Hall–Kier alpha value is -2.28. The van der Waals surface area contributed by atoms with Crippen LogP contribution in [0.15, 0.2) is 18.2 Å². The number of carbonyl (C=O) groups excluding carboxylic acids is 2. The largest absolute Gasteiger partial charge is 0.486 e. The molecule has 7 heteroatoms. The molecule has 1 aliphatic rings. The highest BCUT2D eigenvalue weighted by atomic mass is 16.6. The molecular weight excluding hydrogens is 358 g/mol. The van der Waals surface area contributed by atoms with E-state index in [2.05, 4.69) is 24.5 Å². The number of carbonyl (C=O) groups is 2. The zero-order valence-corrected chi connectivity index (χ0v) is 17.6. The molecule has 1 aromatic carbocycles. The SMILES string of the molecule is CCN(CC(=O)NC(C)C)CC(=O)N[C@H](c1ccc2c(c1)OCCO2)C(C)C. The Morgan fingerprint density at radius 2 is 1.61 bits per heavy atom. The first-order valence-electron chi connectivity index (χ1n) is 10.0. The van der Waals surface area contributed by atoms with Gasteiger partial charge in [-0.15, -0.1) is 0 Å². The van der Waals surface area contributed by atoms with Crippen molar-refractivity contribution < 1.29 is 19.1 Å². The van der Waals surface area contributed by atoms with Gasteiger partial charge in [0, 0.05) is 6.04 Å². The van der Waals surface area contributed by atoms with Crippen LogP contribution in [0.2, 0.25) is 0 Å². The Morgan fingerprint density at radius 3 is 2.18 bits per heavy atom. The number of amides is 2. The van der Waals surface area contributed by atoms with Crippen LogP contribution in [-0.4, -0.2) is 55.6 Å². The molecule has 28 heavy (non-hydrogen) atoms. The van der Waals surface area contributed by atoms with Gasteiger partial charge in [-0.1, -0.05) is 26.8 Å². The minimum Gasteiger partial charge on any atom is -0.486 e. The normalized spacial score (nSPS) is 14.3. The van der Waals surface area contributed by atoms with Gasteiger partial charge >= 0.3 is 0 Å². The first-order valence-corrected chi connectivity index (χ1v) is 10.0. The van der Waals surface area contributed by atoms with Gasteiger partial charge in [-0.2, -0.15) is 0 Å². The van der Waals surface area contributed by atoms with Crippen molar-refractivity contribution in [2.45, 2.75) is 46.7 Å². The summed E-state index contributed by atoms with van der Waals surface area (Å²) in [5.41, 5.74) is 0.980. The van der Waals surface area contributed by atoms with Crippen molar-refractivity contribution in [1.29, 1.82) is 0 Å². The number of rotatable bonds is 9. The fraction of sp³-hybridized carbons (Fsp3) is 0.619. The third kappa shape index (κ3) is 6.41. The van der Waals surface area contributed by atoms with Crippen LogP contribution in [-0.2, 0) is 9.59 Å². The summed E-state index contributed by atoms with van der Waals surface area (Å²) in [4.78, 5) is 26.5. The van der Waals surface area contributed by atoms with E-state index in [9.17, 15) is 9.59 Å². The number of fused-ring (bicyclic) bond motifs is 1. The van der Waals surface area contributed by atoms with Gasteiger partial charge in [0.1, 0.15) is 13.2 Å². The minimum atomic E-state index is -0.147. The summed E-state index contributed by atoms with van der Waals surface area (Å²) in [7, 11) is 0. The Balaban J connectivity index is 2.01. The van der Waals surface area contributed by atoms with E-state index >= 15 is 0 Å². The van der Waals surface area contributed by atoms with Gasteiger partial charge < -0.3 is 20.1 Å². The maximum atomic E-state index is 12.7. The Bertz CT molecular complexity index is 676. The van der Waals surface area contributed by atoms with Gasteiger partial charge in [0.25, 0.3) is 0 Å². The van der Waals surface area contributed by atoms with Crippen molar-refractivity contribution >= 4 is 11.8 Å². The van der Waals surface area contributed by atoms with Crippen LogP contribution in [0, 0.1) is 5.92 Å². The number of hydrogen-bond donors (Lipinski definition) is 2. The minimum absolute atomic E-state index is 0.0723. The molecule has 0 spiro atoms. The molecule has 0 fully saturated rings. The number of ether oxygens (including phenoxy) is 2. The van der Waals surface area contributed by atoms with Crippen LogP contribution in [0.25, 0.3) is 0 Å². The first kappa shape index (κ1) is 22.0. The molecule has 2 rings (SSSR count). The van der Waals surface area contributed by atoms with Gasteiger partial charge in [0.2, 0.25) is 11.8 Å². The molecule has 1 heterocycles. The van der Waals surface area contributed by atoms with Crippen molar-refractivity contribution in [2.24, 2.45) is 5.92 Å². The number of nitrogens with zero attached hydrogens (tertiary/aromatic N) is 1. The lowest BCUT2D eigenvalue weighted by molar-refractivity contribution is -0.125. The fourth-order valence-corrected chi connectivity index (χ4v) is 3.16. The predicted molar refractivity (Wildman–Crippen MR) is 109 cm³/mol. The number of benzene rings is 1. The summed E-state index contributed by atoms with van der Waals surface area (Å²) in [6.07, 6.45) is 0. The van der Waals surface area contributed by atoms with Gasteiger partial charge in [0.15, 0.2) is 11.5 Å². The molecule has 0 aromatic heterocycles. The molecule has 0 aliphatic carbocycles. The smallest absolute Gasteiger partial charge is 0.234 e. The second-order valence-electron chi connectivity index (χ2n) is 7.72. The van der Waals surface area contributed by atoms with Crippen molar-refractivity contribution in [2.75, 3.05) is 32.8 Å². The van der Waals surface area contributed by atoms with E-state index in [1.165, 1.54) is 0 Å². The standard InChI is InChI=1S/C21H33N3O4/c1-6-24(12-19(25)22-15(4)5)13-20(26)23-21(14(2)3)16-7-8-17-18(11-16)28-10-9-27-17/h7-8,11,14-15,21H,6,9-10,12-13H2,1-5H3,(H,22,25)(H,23,26)/t21-/m0/s1. The summed E-state index contributed by atoms with van der Waals surface area (Å²) in [5.74, 6) is 1.47. The summed E-state index contributed by atoms with van der Waals surface area (Å²) in [6, 6.07) is 5.73. The van der Waals surface area contributed by atoms with Crippen LogP contribution in [0.3, 0.4) is 0 Å². The molecule has 2 N–H and O–H groups in total. The summed E-state index contributed by atoms with van der Waals surface area (Å²) in [6.45, 7) is 12.0. The third-order valence-corrected chi connectivity index (χ3v) is 4.54. The van der Waals surface area contributed by atoms with Crippen molar-refractivity contribution in [3.8, 4) is 11.5 Å². The Labute approximate surface area is 167 Å². The van der Waals surface area contributed by atoms with Crippen LogP contribution in [0.5, 0.6) is 11.5 Å². The second-order valence-corrected chi connectivity index (χ2v) is 7.72. The van der Waals surface area contributed by atoms with E-state index in [1.807, 2.05) is 43.9 Å². The quantitative estimate of drug-likeness (QED) is 0.674. The average Bonchev–Trinajstić information content (AvgIpc) is 2.64. The molecule has 7 nitrogen and oxygen atoms in total. The van der Waals surface area contributed by atoms with Crippen molar-refractivity contribution in [3.63, 3.8) is 0 Å². The molecule has 156 valence electrons. The van der Waals surface area contributed by atoms with E-state index in [0.29, 0.717) is 25.5 Å². The first-order chi connectivity index (χ1) is 13.3. The van der Waals surface area contributed by atoms with E-state index in [0.717, 1.165) is 11.3 Å². The van der Waals surface area contributed by atoms with E-state index < -0.39 is 0 Å². The van der Waals surface area contributed by atoms with Crippen molar-refractivity contribution in [3.05, 3.63) is 23.8 Å². The predicted octanol–water partition coefficient (Wildman–Crippen LogP) is 2.12. The van der Waals surface area contributed by atoms with Gasteiger partial charge in [-0.3, -0.25) is 14.5 Å². The van der Waals surface area contributed by atoms with E-state index in [1.54, 1.807) is 0 Å². The molecule has 0 radical (unpaired) electrons. The topological polar surface area (TPSA) is 79.9 Å². The highest BCUT2D eigenvalue weighted by molar-refractivity contribution is 5.81. The average molecular weight is 392 g/mol. The molecule has 0 saturated heterocycles. The molecule has 2 amide bonds. The van der Waals surface area contributed by atoms with Gasteiger partial charge in [0.05, 0.1) is 19.1 Å². The summed E-state index contributed by atoms with van der Waals surface area (Å²) in [5, 5.41) is 5.97. The maximum Gasteiger partial charge on any atom is 0.234 e. The third-order valence-electron chi connectivity index (χ3n) is 4.54. The zero-order chi connectivity index (χ0) is 20.7. The van der Waals surface area contributed by atoms with Gasteiger partial charge in [-0.05, 0) is 44.0 Å². The molecule has 1 aliphatic heterocycles. The Morgan fingerprint density at radius 1 is 1.00 bits per heavy atom. The number of nitrogens with one attached hydrogen (secondary N) is 2. The Kier molecular flexibility index (Phi) is 8.11. The highest BCUT2D eigenvalue weighted by Gasteiger charge is 2.22. The van der Waals surface area contributed by atoms with Crippen molar-refractivity contribution in [1.82, 2.24) is 15.5 Å². The maximum absolute atomic E-state index is 12.7.